The molecule has 0 radical (unpaired) electrons. The molecule has 0 N–H and O–H groups in total. The van der Waals surface area contributed by atoms with E-state index in [1.165, 1.54) is 51.7 Å². The van der Waals surface area contributed by atoms with Gasteiger partial charge >= 0.3 is 5.97 Å². The fourth-order valence-corrected chi connectivity index (χ4v) is 2.73. The quantitative estimate of drug-likeness (QED) is 0.239. The van der Waals surface area contributed by atoms with Crippen LogP contribution in [0, 0.1) is 17.8 Å². The van der Waals surface area contributed by atoms with E-state index >= 15 is 0 Å². The molecular weight excluding hydrogens is 284 g/mol. The number of methoxy groups -OCH3 is 1. The highest BCUT2D eigenvalue weighted by molar-refractivity contribution is 5.83. The van der Waals surface area contributed by atoms with Crippen LogP contribution in [0.5, 0.6) is 0 Å². The number of hydrogen-bond acceptors (Lipinski definition) is 2. The van der Waals surface area contributed by atoms with Crippen LogP contribution in [0.15, 0.2) is 23.8 Å². The number of ether oxygens (including phenoxy) is 1. The van der Waals surface area contributed by atoms with Crippen molar-refractivity contribution in [1.82, 2.24) is 0 Å². The Bertz CT molecular complexity index is 366. The van der Waals surface area contributed by atoms with Crippen molar-refractivity contribution in [2.24, 2.45) is 17.8 Å². The number of rotatable bonds is 12. The summed E-state index contributed by atoms with van der Waals surface area (Å²) in [5.74, 6) is 2.12. The summed E-state index contributed by atoms with van der Waals surface area (Å²) in [6.45, 7) is 11.2. The van der Waals surface area contributed by atoms with Gasteiger partial charge in [0, 0.05) is 6.08 Å². The Hall–Kier alpha value is -1.05. The van der Waals surface area contributed by atoms with E-state index in [2.05, 4.69) is 38.5 Å². The van der Waals surface area contributed by atoms with Crippen molar-refractivity contribution in [2.75, 3.05) is 7.11 Å². The van der Waals surface area contributed by atoms with Crippen LogP contribution >= 0.6 is 0 Å². The number of allylic oxidation sites excluding steroid dienone is 3. The van der Waals surface area contributed by atoms with Crippen LogP contribution < -0.4 is 0 Å². The lowest BCUT2D eigenvalue weighted by molar-refractivity contribution is -0.134. The van der Waals surface area contributed by atoms with Crippen LogP contribution in [0.1, 0.15) is 79.6 Å². The van der Waals surface area contributed by atoms with Gasteiger partial charge < -0.3 is 4.74 Å². The number of esters is 1. The zero-order valence-corrected chi connectivity index (χ0v) is 16.2. The van der Waals surface area contributed by atoms with Crippen molar-refractivity contribution in [3.8, 4) is 0 Å². The first kappa shape index (κ1) is 21.9. The van der Waals surface area contributed by atoms with E-state index in [0.717, 1.165) is 23.8 Å². The second kappa shape index (κ2) is 13.4. The molecule has 0 aliphatic carbocycles. The van der Waals surface area contributed by atoms with Crippen LogP contribution in [0.3, 0.4) is 0 Å². The van der Waals surface area contributed by atoms with Gasteiger partial charge in [-0.15, -0.1) is 0 Å². The van der Waals surface area contributed by atoms with Gasteiger partial charge in [-0.3, -0.25) is 0 Å². The van der Waals surface area contributed by atoms with Crippen LogP contribution in [-0.2, 0) is 9.53 Å². The molecule has 2 unspecified atom stereocenters. The van der Waals surface area contributed by atoms with Crippen LogP contribution in [0.2, 0.25) is 0 Å². The third-order valence-electron chi connectivity index (χ3n) is 4.34. The van der Waals surface area contributed by atoms with Crippen molar-refractivity contribution in [3.05, 3.63) is 23.8 Å². The molecule has 0 aromatic heterocycles. The second-order valence-electron chi connectivity index (χ2n) is 7.52. The van der Waals surface area contributed by atoms with E-state index in [1.54, 1.807) is 0 Å². The first-order valence-corrected chi connectivity index (χ1v) is 9.27. The summed E-state index contributed by atoms with van der Waals surface area (Å²) in [6.07, 6.45) is 14.9. The molecule has 0 bridgehead atoms. The van der Waals surface area contributed by atoms with E-state index < -0.39 is 0 Å². The van der Waals surface area contributed by atoms with Crippen molar-refractivity contribution >= 4 is 5.97 Å². The highest BCUT2D eigenvalue weighted by atomic mass is 16.5. The molecule has 0 saturated heterocycles. The summed E-state index contributed by atoms with van der Waals surface area (Å²) in [5.41, 5.74) is 0.947. The number of carbonyl (C=O) groups is 1. The lowest BCUT2D eigenvalue weighted by Crippen LogP contribution is -1.99. The average Bonchev–Trinajstić information content (AvgIpc) is 2.46. The van der Waals surface area contributed by atoms with Crippen molar-refractivity contribution in [3.63, 3.8) is 0 Å². The highest BCUT2D eigenvalue weighted by Gasteiger charge is 2.05. The summed E-state index contributed by atoms with van der Waals surface area (Å²) in [7, 11) is 1.40. The third-order valence-corrected chi connectivity index (χ3v) is 4.34. The molecule has 0 amide bonds. The van der Waals surface area contributed by atoms with Gasteiger partial charge in [-0.2, -0.15) is 0 Å². The first-order chi connectivity index (χ1) is 10.8. The molecule has 0 heterocycles. The number of carbonyl (C=O) groups excluding carboxylic acids is 1. The average molecular weight is 323 g/mol. The standard InChI is InChI=1S/C21H38O2/c1-17(2)10-7-11-18(3)12-8-13-19(4)14-9-15-20(5)16-21(22)23-6/h9,15-19H,7-8,10-14H2,1-6H3. The Labute approximate surface area is 144 Å². The van der Waals surface area contributed by atoms with Gasteiger partial charge in [0.2, 0.25) is 0 Å². The Kier molecular flexibility index (Phi) is 12.8. The molecule has 2 heteroatoms. The highest BCUT2D eigenvalue weighted by Crippen LogP contribution is 2.20. The Balaban J connectivity index is 3.80. The molecule has 0 aromatic rings. The summed E-state index contributed by atoms with van der Waals surface area (Å²) >= 11 is 0. The van der Waals surface area contributed by atoms with Crippen LogP contribution in [0.25, 0.3) is 0 Å². The summed E-state index contributed by atoms with van der Waals surface area (Å²) < 4.78 is 4.62. The maximum absolute atomic E-state index is 11.1. The third kappa shape index (κ3) is 14.3. The lowest BCUT2D eigenvalue weighted by Gasteiger charge is -2.14. The molecule has 0 aromatic carbocycles. The molecule has 0 spiro atoms. The zero-order valence-electron chi connectivity index (χ0n) is 16.2. The van der Waals surface area contributed by atoms with Crippen molar-refractivity contribution in [1.29, 1.82) is 0 Å². The molecule has 0 aliphatic rings. The fraction of sp³-hybridized carbons (Fsp3) is 0.762. The normalized spacial score (nSPS) is 15.2. The van der Waals surface area contributed by atoms with Crippen LogP contribution in [0.4, 0.5) is 0 Å². The maximum Gasteiger partial charge on any atom is 0.330 e. The molecule has 2 nitrogen and oxygen atoms in total. The van der Waals surface area contributed by atoms with E-state index in [4.69, 9.17) is 0 Å². The van der Waals surface area contributed by atoms with Crippen molar-refractivity contribution in [2.45, 2.75) is 79.6 Å². The second-order valence-corrected chi connectivity index (χ2v) is 7.52. The molecular formula is C21H38O2. The summed E-state index contributed by atoms with van der Waals surface area (Å²) in [6, 6.07) is 0. The number of hydrogen-bond donors (Lipinski definition) is 0. The minimum atomic E-state index is -0.286. The van der Waals surface area contributed by atoms with E-state index in [1.807, 2.05) is 13.0 Å². The smallest absolute Gasteiger partial charge is 0.330 e. The van der Waals surface area contributed by atoms with Gasteiger partial charge in [0.15, 0.2) is 0 Å². The Morgan fingerprint density at radius 1 is 0.957 bits per heavy atom. The summed E-state index contributed by atoms with van der Waals surface area (Å²) in [4.78, 5) is 11.1. The molecule has 0 fully saturated rings. The predicted octanol–water partition coefficient (Wildman–Crippen LogP) is 6.32. The SMILES string of the molecule is COC(=O)C=C(C)C=CCC(C)CCCC(C)CCCC(C)C. The van der Waals surface area contributed by atoms with E-state index in [9.17, 15) is 4.79 Å². The Morgan fingerprint density at radius 2 is 1.52 bits per heavy atom. The van der Waals surface area contributed by atoms with Gasteiger partial charge in [-0.05, 0) is 36.7 Å². The molecule has 134 valence electrons. The monoisotopic (exact) mass is 322 g/mol. The lowest BCUT2D eigenvalue weighted by atomic mass is 9.92. The molecule has 2 atom stereocenters. The molecule has 0 aliphatic heterocycles. The Morgan fingerprint density at radius 3 is 2.09 bits per heavy atom. The minimum absolute atomic E-state index is 0.286. The van der Waals surface area contributed by atoms with Gasteiger partial charge in [0.1, 0.15) is 0 Å². The van der Waals surface area contributed by atoms with Gasteiger partial charge in [-0.1, -0.05) is 78.4 Å². The van der Waals surface area contributed by atoms with E-state index in [-0.39, 0.29) is 5.97 Å². The van der Waals surface area contributed by atoms with Gasteiger partial charge in [-0.25, -0.2) is 4.79 Å². The van der Waals surface area contributed by atoms with Crippen LogP contribution in [-0.4, -0.2) is 13.1 Å². The maximum atomic E-state index is 11.1. The zero-order chi connectivity index (χ0) is 17.7. The fourth-order valence-electron chi connectivity index (χ4n) is 2.73. The topological polar surface area (TPSA) is 26.3 Å². The molecule has 0 rings (SSSR count). The van der Waals surface area contributed by atoms with Gasteiger partial charge in [0.05, 0.1) is 7.11 Å². The minimum Gasteiger partial charge on any atom is -0.466 e. The van der Waals surface area contributed by atoms with E-state index in [0.29, 0.717) is 5.92 Å². The molecule has 0 saturated carbocycles. The first-order valence-electron chi connectivity index (χ1n) is 9.27. The largest absolute Gasteiger partial charge is 0.466 e. The predicted molar refractivity (Wildman–Crippen MR) is 100 cm³/mol. The summed E-state index contributed by atoms with van der Waals surface area (Å²) in [5, 5.41) is 0. The molecule has 23 heavy (non-hydrogen) atoms. The van der Waals surface area contributed by atoms with Gasteiger partial charge in [0.25, 0.3) is 0 Å². The van der Waals surface area contributed by atoms with Crippen molar-refractivity contribution < 1.29 is 9.53 Å².